The quantitative estimate of drug-likeness (QED) is 0.516. The molecule has 0 aromatic heterocycles. The molecule has 2 amide bonds. The molecule has 30 heavy (non-hydrogen) atoms. The van der Waals surface area contributed by atoms with Crippen LogP contribution in [0.1, 0.15) is 21.5 Å². The van der Waals surface area contributed by atoms with Crippen LogP contribution in [-0.4, -0.2) is 30.3 Å². The van der Waals surface area contributed by atoms with Gasteiger partial charge in [0.05, 0.1) is 12.1 Å². The standard InChI is InChI=1S/C24H23BrN2O3/c1-16-8-6-9-17(2)23(16)26-22(28)15-27(3)24(29)20-12-4-5-13-21(20)30-19-11-7-10-18(25)14-19/h4-14H,15H2,1-3H3,(H,26,28). The Hall–Kier alpha value is -3.12. The minimum Gasteiger partial charge on any atom is -0.456 e. The molecular formula is C24H23BrN2O3. The van der Waals surface area contributed by atoms with Crippen molar-refractivity contribution in [3.63, 3.8) is 0 Å². The molecule has 6 heteroatoms. The molecular weight excluding hydrogens is 444 g/mol. The van der Waals surface area contributed by atoms with Gasteiger partial charge in [-0.25, -0.2) is 0 Å². The lowest BCUT2D eigenvalue weighted by Crippen LogP contribution is -2.35. The summed E-state index contributed by atoms with van der Waals surface area (Å²) >= 11 is 3.41. The monoisotopic (exact) mass is 466 g/mol. The van der Waals surface area contributed by atoms with E-state index < -0.39 is 0 Å². The number of aryl methyl sites for hydroxylation is 2. The zero-order valence-corrected chi connectivity index (χ0v) is 18.7. The van der Waals surface area contributed by atoms with E-state index >= 15 is 0 Å². The summed E-state index contributed by atoms with van der Waals surface area (Å²) in [6.07, 6.45) is 0. The first-order valence-corrected chi connectivity index (χ1v) is 10.3. The molecule has 0 saturated carbocycles. The fraction of sp³-hybridized carbons (Fsp3) is 0.167. The van der Waals surface area contributed by atoms with Crippen molar-refractivity contribution < 1.29 is 14.3 Å². The van der Waals surface area contributed by atoms with Gasteiger partial charge >= 0.3 is 0 Å². The fourth-order valence-corrected chi connectivity index (χ4v) is 3.45. The van der Waals surface area contributed by atoms with Crippen LogP contribution in [0.15, 0.2) is 71.2 Å². The molecule has 3 aromatic carbocycles. The summed E-state index contributed by atoms with van der Waals surface area (Å²) in [4.78, 5) is 26.9. The van der Waals surface area contributed by atoms with Gasteiger partial charge in [0.15, 0.2) is 0 Å². The number of hydrogen-bond acceptors (Lipinski definition) is 3. The number of nitrogens with zero attached hydrogens (tertiary/aromatic N) is 1. The second-order valence-electron chi connectivity index (χ2n) is 7.03. The Kier molecular flexibility index (Phi) is 6.90. The second-order valence-corrected chi connectivity index (χ2v) is 7.95. The number of amides is 2. The summed E-state index contributed by atoms with van der Waals surface area (Å²) in [6.45, 7) is 3.80. The third-order valence-electron chi connectivity index (χ3n) is 4.61. The van der Waals surface area contributed by atoms with Crippen LogP contribution < -0.4 is 10.1 Å². The van der Waals surface area contributed by atoms with E-state index in [-0.39, 0.29) is 18.4 Å². The van der Waals surface area contributed by atoms with Crippen molar-refractivity contribution in [1.29, 1.82) is 0 Å². The van der Waals surface area contributed by atoms with E-state index in [1.807, 2.05) is 56.3 Å². The first kappa shape index (κ1) is 21.6. The topological polar surface area (TPSA) is 58.6 Å². The molecule has 0 heterocycles. The van der Waals surface area contributed by atoms with Crippen molar-refractivity contribution in [1.82, 2.24) is 4.90 Å². The smallest absolute Gasteiger partial charge is 0.257 e. The zero-order valence-electron chi connectivity index (χ0n) is 17.1. The number of carbonyl (C=O) groups excluding carboxylic acids is 2. The Labute approximate surface area is 184 Å². The van der Waals surface area contributed by atoms with Crippen LogP contribution >= 0.6 is 15.9 Å². The number of nitrogens with one attached hydrogen (secondary N) is 1. The van der Waals surface area contributed by atoms with Crippen LogP contribution in [0.3, 0.4) is 0 Å². The van der Waals surface area contributed by atoms with Crippen molar-refractivity contribution in [3.05, 3.63) is 87.9 Å². The van der Waals surface area contributed by atoms with Crippen LogP contribution in [0.5, 0.6) is 11.5 Å². The number of halogens is 1. The summed E-state index contributed by atoms with van der Waals surface area (Å²) in [7, 11) is 1.60. The predicted molar refractivity (Wildman–Crippen MR) is 122 cm³/mol. The molecule has 154 valence electrons. The van der Waals surface area contributed by atoms with Crippen molar-refractivity contribution in [3.8, 4) is 11.5 Å². The van der Waals surface area contributed by atoms with Gasteiger partial charge in [-0.15, -0.1) is 0 Å². The highest BCUT2D eigenvalue weighted by Gasteiger charge is 2.20. The lowest BCUT2D eigenvalue weighted by Gasteiger charge is -2.19. The van der Waals surface area contributed by atoms with Gasteiger partial charge in [-0.3, -0.25) is 9.59 Å². The van der Waals surface area contributed by atoms with Gasteiger partial charge in [0, 0.05) is 17.2 Å². The molecule has 3 rings (SSSR count). The number of anilines is 1. The lowest BCUT2D eigenvalue weighted by atomic mass is 10.1. The maximum atomic E-state index is 13.0. The first-order chi connectivity index (χ1) is 14.3. The predicted octanol–water partition coefficient (Wildman–Crippen LogP) is 5.57. The number of rotatable bonds is 6. The molecule has 0 aliphatic carbocycles. The Morgan fingerprint density at radius 1 is 0.967 bits per heavy atom. The Bertz CT molecular complexity index is 1060. The Balaban J connectivity index is 1.72. The number of benzene rings is 3. The molecule has 3 aromatic rings. The van der Waals surface area contributed by atoms with E-state index in [4.69, 9.17) is 4.74 Å². The molecule has 0 aliphatic rings. The molecule has 5 nitrogen and oxygen atoms in total. The maximum Gasteiger partial charge on any atom is 0.257 e. The Morgan fingerprint density at radius 3 is 2.33 bits per heavy atom. The highest BCUT2D eigenvalue weighted by Crippen LogP contribution is 2.28. The molecule has 0 saturated heterocycles. The van der Waals surface area contributed by atoms with Gasteiger partial charge < -0.3 is 15.0 Å². The fourth-order valence-electron chi connectivity index (χ4n) is 3.07. The van der Waals surface area contributed by atoms with Gasteiger partial charge in [0.1, 0.15) is 11.5 Å². The van der Waals surface area contributed by atoms with E-state index in [1.54, 1.807) is 31.3 Å². The van der Waals surface area contributed by atoms with Gasteiger partial charge in [-0.05, 0) is 55.3 Å². The zero-order chi connectivity index (χ0) is 21.7. The van der Waals surface area contributed by atoms with Crippen LogP contribution in [-0.2, 0) is 4.79 Å². The molecule has 0 bridgehead atoms. The number of likely N-dealkylation sites (N-methyl/N-ethyl adjacent to an activating group) is 1. The summed E-state index contributed by atoms with van der Waals surface area (Å²) in [5, 5.41) is 2.91. The van der Waals surface area contributed by atoms with Crippen molar-refractivity contribution in [2.24, 2.45) is 0 Å². The highest BCUT2D eigenvalue weighted by molar-refractivity contribution is 9.10. The molecule has 0 atom stereocenters. The number of ether oxygens (including phenoxy) is 1. The van der Waals surface area contributed by atoms with Crippen molar-refractivity contribution in [2.75, 3.05) is 18.9 Å². The third-order valence-corrected chi connectivity index (χ3v) is 5.11. The minimum absolute atomic E-state index is 0.0716. The summed E-state index contributed by atoms with van der Waals surface area (Å²) < 4.78 is 6.79. The molecule has 1 N–H and O–H groups in total. The highest BCUT2D eigenvalue weighted by atomic mass is 79.9. The van der Waals surface area contributed by atoms with E-state index in [2.05, 4.69) is 21.2 Å². The van der Waals surface area contributed by atoms with Gasteiger partial charge in [-0.1, -0.05) is 52.3 Å². The van der Waals surface area contributed by atoms with Crippen LogP contribution in [0, 0.1) is 13.8 Å². The normalized spacial score (nSPS) is 10.4. The number of para-hydroxylation sites is 2. The minimum atomic E-state index is -0.294. The largest absolute Gasteiger partial charge is 0.456 e. The first-order valence-electron chi connectivity index (χ1n) is 9.49. The van der Waals surface area contributed by atoms with E-state index in [9.17, 15) is 9.59 Å². The summed E-state index contributed by atoms with van der Waals surface area (Å²) in [5.74, 6) is 0.494. The van der Waals surface area contributed by atoms with Crippen molar-refractivity contribution >= 4 is 33.4 Å². The average molecular weight is 467 g/mol. The summed E-state index contributed by atoms with van der Waals surface area (Å²) in [5.41, 5.74) is 3.12. The van der Waals surface area contributed by atoms with E-state index in [0.717, 1.165) is 21.3 Å². The van der Waals surface area contributed by atoms with E-state index in [0.29, 0.717) is 17.1 Å². The molecule has 0 radical (unpaired) electrons. The lowest BCUT2D eigenvalue weighted by molar-refractivity contribution is -0.116. The molecule has 0 spiro atoms. The van der Waals surface area contributed by atoms with Gasteiger partial charge in [-0.2, -0.15) is 0 Å². The van der Waals surface area contributed by atoms with Crippen LogP contribution in [0.4, 0.5) is 5.69 Å². The van der Waals surface area contributed by atoms with Crippen molar-refractivity contribution in [2.45, 2.75) is 13.8 Å². The number of hydrogen-bond donors (Lipinski definition) is 1. The third kappa shape index (κ3) is 5.27. The van der Waals surface area contributed by atoms with Gasteiger partial charge in [0.2, 0.25) is 5.91 Å². The van der Waals surface area contributed by atoms with Gasteiger partial charge in [0.25, 0.3) is 5.91 Å². The average Bonchev–Trinajstić information content (AvgIpc) is 2.71. The SMILES string of the molecule is Cc1cccc(C)c1NC(=O)CN(C)C(=O)c1ccccc1Oc1cccc(Br)c1. The molecule has 0 unspecified atom stereocenters. The second kappa shape index (κ2) is 9.59. The number of carbonyl (C=O) groups is 2. The maximum absolute atomic E-state index is 13.0. The van der Waals surface area contributed by atoms with E-state index in [1.165, 1.54) is 4.90 Å². The molecule has 0 aliphatic heterocycles. The molecule has 0 fully saturated rings. The van der Waals surface area contributed by atoms with Crippen LogP contribution in [0.25, 0.3) is 0 Å². The van der Waals surface area contributed by atoms with Crippen LogP contribution in [0.2, 0.25) is 0 Å². The summed E-state index contributed by atoms with van der Waals surface area (Å²) in [6, 6.07) is 20.2. The Morgan fingerprint density at radius 2 is 1.63 bits per heavy atom.